The molecule has 1 aromatic heterocycles. The van der Waals surface area contributed by atoms with Crippen LogP contribution in [0.2, 0.25) is 0 Å². The lowest BCUT2D eigenvalue weighted by Gasteiger charge is -2.17. The predicted octanol–water partition coefficient (Wildman–Crippen LogP) is 2.32. The van der Waals surface area contributed by atoms with Crippen molar-refractivity contribution in [1.29, 1.82) is 0 Å². The monoisotopic (exact) mass is 267 g/mol. The molecule has 0 fully saturated rings. The lowest BCUT2D eigenvalue weighted by Crippen LogP contribution is -2.32. The predicted molar refractivity (Wildman–Crippen MR) is 79.5 cm³/mol. The van der Waals surface area contributed by atoms with E-state index in [1.54, 1.807) is 0 Å². The van der Waals surface area contributed by atoms with E-state index in [0.717, 1.165) is 45.4 Å². The molecule has 19 heavy (non-hydrogen) atoms. The first-order valence-corrected chi connectivity index (χ1v) is 7.54. The van der Waals surface area contributed by atoms with Crippen molar-refractivity contribution in [2.75, 3.05) is 19.8 Å². The van der Waals surface area contributed by atoms with Gasteiger partial charge in [0, 0.05) is 38.4 Å². The van der Waals surface area contributed by atoms with Gasteiger partial charge in [-0.15, -0.1) is 0 Å². The molecule has 1 rings (SSSR count). The molecular weight excluding hydrogens is 238 g/mol. The molecule has 0 aliphatic rings. The summed E-state index contributed by atoms with van der Waals surface area (Å²) in [6.07, 6.45) is 4.32. The Bertz CT molecular complexity index is 349. The van der Waals surface area contributed by atoms with Gasteiger partial charge in [-0.2, -0.15) is 5.10 Å². The van der Waals surface area contributed by atoms with E-state index >= 15 is 0 Å². The van der Waals surface area contributed by atoms with Gasteiger partial charge in [0.25, 0.3) is 0 Å². The van der Waals surface area contributed by atoms with Gasteiger partial charge < -0.3 is 10.1 Å². The Kier molecular flexibility index (Phi) is 7.75. The van der Waals surface area contributed by atoms with Crippen LogP contribution in [0, 0.1) is 0 Å². The smallest absolute Gasteiger partial charge is 0.0624 e. The molecule has 0 saturated heterocycles. The van der Waals surface area contributed by atoms with Gasteiger partial charge in [-0.1, -0.05) is 13.8 Å². The van der Waals surface area contributed by atoms with E-state index in [0.29, 0.717) is 6.04 Å². The van der Waals surface area contributed by atoms with Gasteiger partial charge in [-0.25, -0.2) is 0 Å². The Balaban J connectivity index is 2.49. The summed E-state index contributed by atoms with van der Waals surface area (Å²) in [4.78, 5) is 0. The van der Waals surface area contributed by atoms with Crippen molar-refractivity contribution in [3.63, 3.8) is 0 Å². The third-order valence-electron chi connectivity index (χ3n) is 3.38. The zero-order valence-corrected chi connectivity index (χ0v) is 12.9. The summed E-state index contributed by atoms with van der Waals surface area (Å²) in [5, 5.41) is 8.08. The number of hydrogen-bond acceptors (Lipinski definition) is 3. The Morgan fingerprint density at radius 1 is 1.37 bits per heavy atom. The molecule has 1 N–H and O–H groups in total. The number of nitrogens with one attached hydrogen (secondary N) is 1. The quantitative estimate of drug-likeness (QED) is 0.661. The molecule has 4 nitrogen and oxygen atoms in total. The largest absolute Gasteiger partial charge is 0.382 e. The molecule has 1 heterocycles. The number of aryl methyl sites for hydroxylation is 2. The van der Waals surface area contributed by atoms with Crippen molar-refractivity contribution >= 4 is 0 Å². The van der Waals surface area contributed by atoms with Crippen molar-refractivity contribution in [2.45, 2.75) is 52.5 Å². The van der Waals surface area contributed by atoms with Crippen LogP contribution in [0.5, 0.6) is 0 Å². The average molecular weight is 267 g/mol. The number of nitrogens with zero attached hydrogens (tertiary/aromatic N) is 2. The molecule has 0 aliphatic carbocycles. The maximum atomic E-state index is 5.41. The van der Waals surface area contributed by atoms with Crippen LogP contribution in [0.25, 0.3) is 0 Å². The lowest BCUT2D eigenvalue weighted by molar-refractivity contribution is 0.140. The number of hydrogen-bond donors (Lipinski definition) is 1. The summed E-state index contributed by atoms with van der Waals surface area (Å²) in [6.45, 7) is 9.05. The molecule has 0 spiro atoms. The van der Waals surface area contributed by atoms with Crippen LogP contribution in [0.3, 0.4) is 0 Å². The molecule has 1 unspecified atom stereocenters. The van der Waals surface area contributed by atoms with E-state index in [9.17, 15) is 0 Å². The Morgan fingerprint density at radius 3 is 2.74 bits per heavy atom. The molecule has 1 atom stereocenters. The van der Waals surface area contributed by atoms with Gasteiger partial charge in [0.15, 0.2) is 0 Å². The van der Waals surface area contributed by atoms with Gasteiger partial charge in [-0.3, -0.25) is 4.68 Å². The molecule has 0 aromatic carbocycles. The van der Waals surface area contributed by atoms with Gasteiger partial charge in [-0.05, 0) is 38.8 Å². The summed E-state index contributed by atoms with van der Waals surface area (Å²) in [5.74, 6) is 0. The first kappa shape index (κ1) is 16.2. The standard InChI is InChI=1S/C15H29N3O/c1-5-13-11-15(18(4)17-13)12-14(16-6-2)9-8-10-19-7-3/h11,14,16H,5-10,12H2,1-4H3. The highest BCUT2D eigenvalue weighted by atomic mass is 16.5. The average Bonchev–Trinajstić information content (AvgIpc) is 2.75. The minimum Gasteiger partial charge on any atom is -0.382 e. The molecule has 1 aromatic rings. The van der Waals surface area contributed by atoms with Crippen molar-refractivity contribution in [3.8, 4) is 0 Å². The zero-order valence-electron chi connectivity index (χ0n) is 12.9. The first-order chi connectivity index (χ1) is 9.21. The highest BCUT2D eigenvalue weighted by Crippen LogP contribution is 2.10. The molecule has 0 radical (unpaired) electrons. The van der Waals surface area contributed by atoms with E-state index in [1.807, 2.05) is 18.7 Å². The van der Waals surface area contributed by atoms with Crippen LogP contribution < -0.4 is 5.32 Å². The summed E-state index contributed by atoms with van der Waals surface area (Å²) >= 11 is 0. The minimum absolute atomic E-state index is 0.519. The Labute approximate surface area is 117 Å². The summed E-state index contributed by atoms with van der Waals surface area (Å²) in [7, 11) is 2.04. The fourth-order valence-electron chi connectivity index (χ4n) is 2.33. The highest BCUT2D eigenvalue weighted by Gasteiger charge is 2.12. The summed E-state index contributed by atoms with van der Waals surface area (Å²) < 4.78 is 7.43. The molecular formula is C15H29N3O. The third-order valence-corrected chi connectivity index (χ3v) is 3.38. The molecule has 0 bridgehead atoms. The Hall–Kier alpha value is -0.870. The third kappa shape index (κ3) is 5.74. The number of ether oxygens (including phenoxy) is 1. The van der Waals surface area contributed by atoms with Gasteiger partial charge in [0.1, 0.15) is 0 Å². The van der Waals surface area contributed by atoms with Gasteiger partial charge in [0.2, 0.25) is 0 Å². The first-order valence-electron chi connectivity index (χ1n) is 7.54. The second-order valence-corrected chi connectivity index (χ2v) is 4.90. The fraction of sp³-hybridized carbons (Fsp3) is 0.800. The zero-order chi connectivity index (χ0) is 14.1. The van der Waals surface area contributed by atoms with E-state index < -0.39 is 0 Å². The molecule has 0 aliphatic heterocycles. The fourth-order valence-corrected chi connectivity index (χ4v) is 2.33. The molecule has 0 amide bonds. The van der Waals surface area contributed by atoms with Crippen molar-refractivity contribution in [2.24, 2.45) is 7.05 Å². The second-order valence-electron chi connectivity index (χ2n) is 4.90. The summed E-state index contributed by atoms with van der Waals surface area (Å²) in [5.41, 5.74) is 2.50. The van der Waals surface area contributed by atoms with Crippen molar-refractivity contribution in [1.82, 2.24) is 15.1 Å². The van der Waals surface area contributed by atoms with Crippen LogP contribution in [-0.4, -0.2) is 35.6 Å². The van der Waals surface area contributed by atoms with Crippen LogP contribution in [0.1, 0.15) is 45.0 Å². The van der Waals surface area contributed by atoms with Crippen LogP contribution in [0.4, 0.5) is 0 Å². The van der Waals surface area contributed by atoms with E-state index in [-0.39, 0.29) is 0 Å². The number of aromatic nitrogens is 2. The molecule has 110 valence electrons. The van der Waals surface area contributed by atoms with E-state index in [1.165, 1.54) is 11.4 Å². The number of likely N-dealkylation sites (N-methyl/N-ethyl adjacent to an activating group) is 1. The maximum absolute atomic E-state index is 5.41. The second kappa shape index (κ2) is 9.10. The highest BCUT2D eigenvalue weighted by molar-refractivity contribution is 5.11. The van der Waals surface area contributed by atoms with Crippen molar-refractivity contribution < 1.29 is 4.74 Å². The number of rotatable bonds is 10. The maximum Gasteiger partial charge on any atom is 0.0624 e. The topological polar surface area (TPSA) is 39.1 Å². The van der Waals surface area contributed by atoms with Gasteiger partial charge in [0.05, 0.1) is 5.69 Å². The SMILES string of the molecule is CCNC(CCCOCC)Cc1cc(CC)nn1C. The Morgan fingerprint density at radius 2 is 2.16 bits per heavy atom. The molecule has 4 heteroatoms. The van der Waals surface area contributed by atoms with Crippen molar-refractivity contribution in [3.05, 3.63) is 17.5 Å². The van der Waals surface area contributed by atoms with E-state index in [4.69, 9.17) is 4.74 Å². The van der Waals surface area contributed by atoms with Crippen LogP contribution in [-0.2, 0) is 24.6 Å². The normalized spacial score (nSPS) is 12.8. The van der Waals surface area contributed by atoms with E-state index in [2.05, 4.69) is 30.3 Å². The van der Waals surface area contributed by atoms with Crippen LogP contribution >= 0.6 is 0 Å². The van der Waals surface area contributed by atoms with Gasteiger partial charge >= 0.3 is 0 Å². The molecule has 0 saturated carbocycles. The summed E-state index contributed by atoms with van der Waals surface area (Å²) in [6, 6.07) is 2.75. The lowest BCUT2D eigenvalue weighted by atomic mass is 10.1. The van der Waals surface area contributed by atoms with Crippen LogP contribution in [0.15, 0.2) is 6.07 Å². The minimum atomic E-state index is 0.519.